The molecule has 0 aromatic rings. The first kappa shape index (κ1) is 16.5. The second kappa shape index (κ2) is 6.96. The van der Waals surface area contributed by atoms with E-state index in [0.29, 0.717) is 6.54 Å². The van der Waals surface area contributed by atoms with Gasteiger partial charge in [-0.2, -0.15) is 13.2 Å². The van der Waals surface area contributed by atoms with Crippen molar-refractivity contribution in [3.63, 3.8) is 0 Å². The van der Waals surface area contributed by atoms with Crippen molar-refractivity contribution in [3.05, 3.63) is 0 Å². The molecule has 4 nitrogen and oxygen atoms in total. The predicted octanol–water partition coefficient (Wildman–Crippen LogP) is 2.11. The Morgan fingerprint density at radius 2 is 2.00 bits per heavy atom. The predicted molar refractivity (Wildman–Crippen MR) is 69.6 cm³/mol. The van der Waals surface area contributed by atoms with Crippen LogP contribution in [0.15, 0.2) is 0 Å². The van der Waals surface area contributed by atoms with Crippen molar-refractivity contribution >= 4 is 5.91 Å². The highest BCUT2D eigenvalue weighted by Gasteiger charge is 2.39. The lowest BCUT2D eigenvalue weighted by atomic mass is 9.94. The Labute approximate surface area is 122 Å². The van der Waals surface area contributed by atoms with Gasteiger partial charge in [0.15, 0.2) is 0 Å². The Balaban J connectivity index is 1.78. The van der Waals surface area contributed by atoms with Gasteiger partial charge in [-0.3, -0.25) is 4.79 Å². The number of carbonyl (C=O) groups is 1. The van der Waals surface area contributed by atoms with E-state index in [2.05, 4.69) is 4.74 Å². The summed E-state index contributed by atoms with van der Waals surface area (Å²) in [4.78, 5) is 13.9. The number of hydrogen-bond donors (Lipinski definition) is 1. The summed E-state index contributed by atoms with van der Waals surface area (Å²) in [6, 6.07) is 0.0395. The van der Waals surface area contributed by atoms with Gasteiger partial charge in [-0.15, -0.1) is 0 Å². The minimum Gasteiger partial charge on any atom is -0.393 e. The number of amides is 1. The molecule has 2 fully saturated rings. The number of halogens is 3. The molecule has 1 aliphatic heterocycles. The molecule has 7 heteroatoms. The second-order valence-electron chi connectivity index (χ2n) is 5.88. The van der Waals surface area contributed by atoms with Crippen LogP contribution >= 0.6 is 0 Å². The molecule has 1 saturated heterocycles. The molecule has 0 spiro atoms. The van der Waals surface area contributed by atoms with E-state index in [1.807, 2.05) is 0 Å². The van der Waals surface area contributed by atoms with Crippen LogP contribution in [0.5, 0.6) is 0 Å². The van der Waals surface area contributed by atoms with E-state index >= 15 is 0 Å². The van der Waals surface area contributed by atoms with Gasteiger partial charge in [-0.1, -0.05) is 6.42 Å². The summed E-state index contributed by atoms with van der Waals surface area (Å²) in [5, 5.41) is 9.96. The van der Waals surface area contributed by atoms with Crippen molar-refractivity contribution in [3.8, 4) is 0 Å². The molecule has 21 heavy (non-hydrogen) atoms. The quantitative estimate of drug-likeness (QED) is 0.791. The van der Waals surface area contributed by atoms with Gasteiger partial charge >= 0.3 is 6.18 Å². The largest absolute Gasteiger partial charge is 0.411 e. The van der Waals surface area contributed by atoms with Crippen molar-refractivity contribution in [2.45, 2.75) is 56.8 Å². The first-order chi connectivity index (χ1) is 9.88. The number of rotatable bonds is 5. The zero-order valence-electron chi connectivity index (χ0n) is 11.9. The summed E-state index contributed by atoms with van der Waals surface area (Å²) < 4.78 is 40.3. The molecular weight excluding hydrogens is 287 g/mol. The summed E-state index contributed by atoms with van der Waals surface area (Å²) >= 11 is 0. The number of aliphatic hydroxyl groups is 1. The van der Waals surface area contributed by atoms with Crippen LogP contribution in [-0.2, 0) is 9.53 Å². The lowest BCUT2D eigenvalue weighted by Gasteiger charge is -2.31. The van der Waals surface area contributed by atoms with Crippen LogP contribution in [0.2, 0.25) is 0 Å². The Morgan fingerprint density at radius 3 is 2.62 bits per heavy atom. The smallest absolute Gasteiger partial charge is 0.393 e. The number of carbonyl (C=O) groups excluding carboxylic acids is 1. The standard InChI is InChI=1S/C14H22F3NO3/c15-14(16,17)9-21-8-6-13(20)18-7-2-4-11(18)10-3-1-5-12(10)19/h10-12,19H,1-9H2. The molecule has 0 radical (unpaired) electrons. The van der Waals surface area contributed by atoms with E-state index < -0.39 is 12.8 Å². The van der Waals surface area contributed by atoms with Gasteiger partial charge in [0.05, 0.1) is 19.1 Å². The Hall–Kier alpha value is -0.820. The van der Waals surface area contributed by atoms with Gasteiger partial charge in [0.2, 0.25) is 5.91 Å². The van der Waals surface area contributed by atoms with Crippen molar-refractivity contribution in [2.75, 3.05) is 19.8 Å². The molecule has 1 heterocycles. The highest BCUT2D eigenvalue weighted by atomic mass is 19.4. The number of likely N-dealkylation sites (tertiary alicyclic amines) is 1. The maximum atomic E-state index is 12.1. The van der Waals surface area contributed by atoms with Crippen LogP contribution in [0.1, 0.15) is 38.5 Å². The molecule has 0 aromatic carbocycles. The van der Waals surface area contributed by atoms with Crippen molar-refractivity contribution in [2.24, 2.45) is 5.92 Å². The Kier molecular flexibility index (Phi) is 5.48. The molecule has 0 aromatic heterocycles. The van der Waals surface area contributed by atoms with E-state index in [1.54, 1.807) is 4.90 Å². The van der Waals surface area contributed by atoms with Crippen LogP contribution in [0, 0.1) is 5.92 Å². The summed E-state index contributed by atoms with van der Waals surface area (Å²) in [7, 11) is 0. The zero-order chi connectivity index (χ0) is 15.5. The molecule has 1 amide bonds. The Bertz CT molecular complexity index is 362. The average molecular weight is 309 g/mol. The van der Waals surface area contributed by atoms with Gasteiger partial charge < -0.3 is 14.7 Å². The third-order valence-electron chi connectivity index (χ3n) is 4.37. The SMILES string of the molecule is O=C(CCOCC(F)(F)F)N1CCCC1C1CCCC1O. The van der Waals surface area contributed by atoms with E-state index in [-0.39, 0.29) is 37.0 Å². The molecule has 1 N–H and O–H groups in total. The molecule has 1 aliphatic carbocycles. The summed E-state index contributed by atoms with van der Waals surface area (Å²) in [5.41, 5.74) is 0. The zero-order valence-corrected chi connectivity index (χ0v) is 11.9. The van der Waals surface area contributed by atoms with E-state index in [0.717, 1.165) is 32.1 Å². The summed E-state index contributed by atoms with van der Waals surface area (Å²) in [5.74, 6) is -0.0497. The van der Waals surface area contributed by atoms with Gasteiger partial charge in [0.25, 0.3) is 0 Å². The normalized spacial score (nSPS) is 30.1. The van der Waals surface area contributed by atoms with Crippen LogP contribution in [0.3, 0.4) is 0 Å². The Morgan fingerprint density at radius 1 is 1.24 bits per heavy atom. The van der Waals surface area contributed by atoms with Gasteiger partial charge in [0, 0.05) is 18.5 Å². The molecular formula is C14H22F3NO3. The molecule has 3 atom stereocenters. The third kappa shape index (κ3) is 4.57. The topological polar surface area (TPSA) is 49.8 Å². The maximum absolute atomic E-state index is 12.1. The molecule has 1 saturated carbocycles. The first-order valence-corrected chi connectivity index (χ1v) is 7.50. The van der Waals surface area contributed by atoms with Crippen molar-refractivity contribution in [1.82, 2.24) is 4.90 Å². The first-order valence-electron chi connectivity index (χ1n) is 7.50. The minimum absolute atomic E-state index is 0.0323. The fraction of sp³-hybridized carbons (Fsp3) is 0.929. The number of alkyl halides is 3. The summed E-state index contributed by atoms with van der Waals surface area (Å²) in [6.45, 7) is -0.897. The fourth-order valence-electron chi connectivity index (χ4n) is 3.46. The van der Waals surface area contributed by atoms with Crippen molar-refractivity contribution < 1.29 is 27.8 Å². The number of aliphatic hydroxyl groups excluding tert-OH is 1. The van der Waals surface area contributed by atoms with E-state index in [1.165, 1.54) is 0 Å². The highest BCUT2D eigenvalue weighted by Crippen LogP contribution is 2.36. The van der Waals surface area contributed by atoms with Crippen LogP contribution in [-0.4, -0.2) is 54.0 Å². The summed E-state index contributed by atoms with van der Waals surface area (Å²) in [6.07, 6.45) is -0.315. The van der Waals surface area contributed by atoms with Crippen molar-refractivity contribution in [1.29, 1.82) is 0 Å². The lowest BCUT2D eigenvalue weighted by molar-refractivity contribution is -0.175. The molecule has 2 aliphatic rings. The van der Waals surface area contributed by atoms with Gasteiger partial charge in [-0.25, -0.2) is 0 Å². The average Bonchev–Trinajstić information content (AvgIpc) is 3.01. The molecule has 3 unspecified atom stereocenters. The highest BCUT2D eigenvalue weighted by molar-refractivity contribution is 5.77. The molecule has 0 bridgehead atoms. The van der Waals surface area contributed by atoms with Gasteiger partial charge in [0.1, 0.15) is 6.61 Å². The molecule has 122 valence electrons. The second-order valence-corrected chi connectivity index (χ2v) is 5.88. The lowest BCUT2D eigenvalue weighted by Crippen LogP contribution is -2.42. The molecule has 2 rings (SSSR count). The van der Waals surface area contributed by atoms with E-state index in [4.69, 9.17) is 0 Å². The third-order valence-corrected chi connectivity index (χ3v) is 4.37. The van der Waals surface area contributed by atoms with Crippen LogP contribution in [0.25, 0.3) is 0 Å². The van der Waals surface area contributed by atoms with E-state index in [9.17, 15) is 23.1 Å². The monoisotopic (exact) mass is 309 g/mol. The van der Waals surface area contributed by atoms with Gasteiger partial charge in [-0.05, 0) is 25.7 Å². The van der Waals surface area contributed by atoms with Crippen LogP contribution < -0.4 is 0 Å². The minimum atomic E-state index is -4.35. The number of ether oxygens (including phenoxy) is 1. The van der Waals surface area contributed by atoms with Crippen LogP contribution in [0.4, 0.5) is 13.2 Å². The number of nitrogens with zero attached hydrogens (tertiary/aromatic N) is 1. The fourth-order valence-corrected chi connectivity index (χ4v) is 3.46. The maximum Gasteiger partial charge on any atom is 0.411 e. The number of hydrogen-bond acceptors (Lipinski definition) is 3.